The average Bonchev–Trinajstić information content (AvgIpc) is 2.39. The maximum atomic E-state index is 11.6. The van der Waals surface area contributed by atoms with Crippen molar-refractivity contribution in [2.75, 3.05) is 24.7 Å². The van der Waals surface area contributed by atoms with E-state index in [1.807, 2.05) is 30.0 Å². The van der Waals surface area contributed by atoms with Crippen LogP contribution in [0.15, 0.2) is 30.3 Å². The van der Waals surface area contributed by atoms with Gasteiger partial charge in [-0.25, -0.2) is 0 Å². The molecule has 1 heterocycles. The SMILES string of the molecule is CCC(=O)N1CCCN(c2ccccc2)C1. The van der Waals surface area contributed by atoms with E-state index in [1.54, 1.807) is 0 Å². The lowest BCUT2D eigenvalue weighted by molar-refractivity contribution is -0.131. The number of para-hydroxylation sites is 1. The van der Waals surface area contributed by atoms with Crippen LogP contribution in [0.4, 0.5) is 5.69 Å². The predicted molar refractivity (Wildman–Crippen MR) is 65.3 cm³/mol. The fourth-order valence-electron chi connectivity index (χ4n) is 2.08. The largest absolute Gasteiger partial charge is 0.354 e. The summed E-state index contributed by atoms with van der Waals surface area (Å²) < 4.78 is 0. The molecule has 0 bridgehead atoms. The first-order valence-electron chi connectivity index (χ1n) is 5.89. The Kier molecular flexibility index (Phi) is 3.44. The van der Waals surface area contributed by atoms with Gasteiger partial charge in [0.1, 0.15) is 0 Å². The molecule has 0 unspecified atom stereocenters. The molecular formula is C13H18N2O. The highest BCUT2D eigenvalue weighted by Crippen LogP contribution is 2.17. The Morgan fingerprint density at radius 3 is 2.69 bits per heavy atom. The highest BCUT2D eigenvalue weighted by atomic mass is 16.2. The molecule has 1 amide bonds. The first kappa shape index (κ1) is 11.0. The van der Waals surface area contributed by atoms with Crippen LogP contribution in [0.3, 0.4) is 0 Å². The fourth-order valence-corrected chi connectivity index (χ4v) is 2.08. The molecule has 1 aromatic carbocycles. The van der Waals surface area contributed by atoms with Gasteiger partial charge >= 0.3 is 0 Å². The van der Waals surface area contributed by atoms with E-state index >= 15 is 0 Å². The summed E-state index contributed by atoms with van der Waals surface area (Å²) in [6.07, 6.45) is 1.66. The van der Waals surface area contributed by atoms with Gasteiger partial charge in [-0.05, 0) is 18.6 Å². The monoisotopic (exact) mass is 218 g/mol. The number of nitrogens with zero attached hydrogens (tertiary/aromatic N) is 2. The molecule has 86 valence electrons. The minimum atomic E-state index is 0.251. The molecule has 16 heavy (non-hydrogen) atoms. The summed E-state index contributed by atoms with van der Waals surface area (Å²) in [5.74, 6) is 0.251. The molecule has 3 nitrogen and oxygen atoms in total. The zero-order valence-electron chi connectivity index (χ0n) is 9.72. The zero-order valence-corrected chi connectivity index (χ0v) is 9.72. The van der Waals surface area contributed by atoms with Gasteiger partial charge in [-0.15, -0.1) is 0 Å². The predicted octanol–water partition coefficient (Wildman–Crippen LogP) is 2.09. The Morgan fingerprint density at radius 2 is 2.00 bits per heavy atom. The van der Waals surface area contributed by atoms with Crippen molar-refractivity contribution in [2.24, 2.45) is 0 Å². The minimum Gasteiger partial charge on any atom is -0.354 e. The number of carbonyl (C=O) groups is 1. The zero-order chi connectivity index (χ0) is 11.4. The molecule has 1 saturated heterocycles. The van der Waals surface area contributed by atoms with Crippen molar-refractivity contribution in [3.05, 3.63) is 30.3 Å². The summed E-state index contributed by atoms with van der Waals surface area (Å²) >= 11 is 0. The summed E-state index contributed by atoms with van der Waals surface area (Å²) in [5, 5.41) is 0. The van der Waals surface area contributed by atoms with Gasteiger partial charge in [0.05, 0.1) is 6.67 Å². The van der Waals surface area contributed by atoms with E-state index in [4.69, 9.17) is 0 Å². The number of benzene rings is 1. The van der Waals surface area contributed by atoms with Crippen molar-refractivity contribution in [1.29, 1.82) is 0 Å². The number of anilines is 1. The molecule has 0 spiro atoms. The van der Waals surface area contributed by atoms with Crippen molar-refractivity contribution in [3.8, 4) is 0 Å². The van der Waals surface area contributed by atoms with Crippen molar-refractivity contribution in [1.82, 2.24) is 4.90 Å². The molecule has 1 aliphatic rings. The third-order valence-corrected chi connectivity index (χ3v) is 2.97. The quantitative estimate of drug-likeness (QED) is 0.759. The number of rotatable bonds is 2. The van der Waals surface area contributed by atoms with Crippen LogP contribution in [-0.2, 0) is 4.79 Å². The molecule has 1 aromatic rings. The second-order valence-corrected chi connectivity index (χ2v) is 4.10. The molecule has 0 radical (unpaired) electrons. The first-order valence-corrected chi connectivity index (χ1v) is 5.89. The molecule has 0 N–H and O–H groups in total. The van der Waals surface area contributed by atoms with E-state index in [1.165, 1.54) is 5.69 Å². The standard InChI is InChI=1S/C13H18N2O/c1-2-13(16)15-10-6-9-14(11-15)12-7-4-3-5-8-12/h3-5,7-8H,2,6,9-11H2,1H3. The second-order valence-electron chi connectivity index (χ2n) is 4.10. The van der Waals surface area contributed by atoms with Crippen LogP contribution in [0.1, 0.15) is 19.8 Å². The van der Waals surface area contributed by atoms with Gasteiger partial charge < -0.3 is 9.80 Å². The summed E-state index contributed by atoms with van der Waals surface area (Å²) in [5.41, 5.74) is 1.20. The van der Waals surface area contributed by atoms with Crippen molar-refractivity contribution >= 4 is 11.6 Å². The molecule has 0 aliphatic carbocycles. The van der Waals surface area contributed by atoms with Gasteiger partial charge in [0.15, 0.2) is 0 Å². The number of carbonyl (C=O) groups excluding carboxylic acids is 1. The summed E-state index contributed by atoms with van der Waals surface area (Å²) in [6.45, 7) is 4.59. The summed E-state index contributed by atoms with van der Waals surface area (Å²) in [7, 11) is 0. The topological polar surface area (TPSA) is 23.6 Å². The van der Waals surface area contributed by atoms with E-state index < -0.39 is 0 Å². The summed E-state index contributed by atoms with van der Waals surface area (Å²) in [4.78, 5) is 15.8. The number of hydrogen-bond donors (Lipinski definition) is 0. The van der Waals surface area contributed by atoms with Crippen molar-refractivity contribution < 1.29 is 4.79 Å². The van der Waals surface area contributed by atoms with E-state index in [9.17, 15) is 4.79 Å². The average molecular weight is 218 g/mol. The minimum absolute atomic E-state index is 0.251. The Hall–Kier alpha value is -1.51. The van der Waals surface area contributed by atoms with Gasteiger partial charge in [-0.2, -0.15) is 0 Å². The highest BCUT2D eigenvalue weighted by molar-refractivity contribution is 5.76. The maximum Gasteiger partial charge on any atom is 0.223 e. The second kappa shape index (κ2) is 5.01. The fraction of sp³-hybridized carbons (Fsp3) is 0.462. The smallest absolute Gasteiger partial charge is 0.223 e. The van der Waals surface area contributed by atoms with Crippen LogP contribution < -0.4 is 4.90 Å². The Morgan fingerprint density at radius 1 is 1.25 bits per heavy atom. The van der Waals surface area contributed by atoms with Crippen molar-refractivity contribution in [2.45, 2.75) is 19.8 Å². The van der Waals surface area contributed by atoms with Crippen LogP contribution in [0.5, 0.6) is 0 Å². The van der Waals surface area contributed by atoms with E-state index in [-0.39, 0.29) is 5.91 Å². The lowest BCUT2D eigenvalue weighted by Crippen LogP contribution is -2.47. The van der Waals surface area contributed by atoms with E-state index in [0.717, 1.165) is 26.2 Å². The van der Waals surface area contributed by atoms with E-state index in [2.05, 4.69) is 17.0 Å². The lowest BCUT2D eigenvalue weighted by atomic mass is 10.2. The van der Waals surface area contributed by atoms with Gasteiger partial charge in [0.2, 0.25) is 5.91 Å². The number of hydrogen-bond acceptors (Lipinski definition) is 2. The molecule has 1 fully saturated rings. The van der Waals surface area contributed by atoms with Crippen LogP contribution >= 0.6 is 0 Å². The Bertz CT molecular complexity index is 350. The van der Waals surface area contributed by atoms with Gasteiger partial charge in [-0.3, -0.25) is 4.79 Å². The van der Waals surface area contributed by atoms with Crippen LogP contribution in [0.25, 0.3) is 0 Å². The maximum absolute atomic E-state index is 11.6. The molecule has 3 heteroatoms. The molecule has 2 rings (SSSR count). The third kappa shape index (κ3) is 2.35. The van der Waals surface area contributed by atoms with Crippen LogP contribution in [-0.4, -0.2) is 30.6 Å². The van der Waals surface area contributed by atoms with Crippen molar-refractivity contribution in [3.63, 3.8) is 0 Å². The lowest BCUT2D eigenvalue weighted by Gasteiger charge is -2.37. The highest BCUT2D eigenvalue weighted by Gasteiger charge is 2.20. The molecule has 0 aromatic heterocycles. The molecular weight excluding hydrogens is 200 g/mol. The molecule has 1 aliphatic heterocycles. The molecule has 0 atom stereocenters. The first-order chi connectivity index (χ1) is 7.81. The van der Waals surface area contributed by atoms with Crippen LogP contribution in [0, 0.1) is 0 Å². The normalized spacial score (nSPS) is 16.3. The van der Waals surface area contributed by atoms with Gasteiger partial charge in [0, 0.05) is 25.2 Å². The third-order valence-electron chi connectivity index (χ3n) is 2.97. The van der Waals surface area contributed by atoms with Gasteiger partial charge in [0.25, 0.3) is 0 Å². The van der Waals surface area contributed by atoms with E-state index in [0.29, 0.717) is 6.42 Å². The van der Waals surface area contributed by atoms with Gasteiger partial charge in [-0.1, -0.05) is 25.1 Å². The summed E-state index contributed by atoms with van der Waals surface area (Å²) in [6, 6.07) is 10.3. The Labute approximate surface area is 96.7 Å². The number of amides is 1. The Balaban J connectivity index is 2.05. The molecule has 0 saturated carbocycles. The van der Waals surface area contributed by atoms with Crippen LogP contribution in [0.2, 0.25) is 0 Å².